The van der Waals surface area contributed by atoms with E-state index in [0.29, 0.717) is 23.3 Å². The van der Waals surface area contributed by atoms with E-state index in [2.05, 4.69) is 34.6 Å². The molecule has 1 aromatic carbocycles. The van der Waals surface area contributed by atoms with Crippen molar-refractivity contribution in [2.45, 2.75) is 34.6 Å². The van der Waals surface area contributed by atoms with Gasteiger partial charge in [-0.15, -0.1) is 0 Å². The van der Waals surface area contributed by atoms with Crippen LogP contribution in [-0.4, -0.2) is 74.2 Å². The van der Waals surface area contributed by atoms with E-state index in [9.17, 15) is 9.59 Å². The summed E-state index contributed by atoms with van der Waals surface area (Å²) in [6.07, 6.45) is 0. The lowest BCUT2D eigenvalue weighted by atomic mass is 10.0. The highest BCUT2D eigenvalue weighted by Crippen LogP contribution is 2.20. The number of hydrazone groups is 1. The van der Waals surface area contributed by atoms with Gasteiger partial charge in [0.05, 0.1) is 27.1 Å². The fourth-order valence-corrected chi connectivity index (χ4v) is 3.06. The van der Waals surface area contributed by atoms with Crippen LogP contribution < -0.4 is 10.7 Å². The number of benzene rings is 1. The van der Waals surface area contributed by atoms with Crippen LogP contribution in [0.15, 0.2) is 23.3 Å². The smallest absolute Gasteiger partial charge is 0.295 e. The maximum Gasteiger partial charge on any atom is 0.295 e. The van der Waals surface area contributed by atoms with E-state index < -0.39 is 5.92 Å². The number of aryl methyl sites for hydroxylation is 2. The van der Waals surface area contributed by atoms with E-state index in [1.165, 1.54) is 0 Å². The van der Waals surface area contributed by atoms with Crippen molar-refractivity contribution in [1.29, 1.82) is 0 Å². The number of rotatable bonds is 10. The first kappa shape index (κ1) is 24.8. The van der Waals surface area contributed by atoms with Gasteiger partial charge < -0.3 is 14.7 Å². The van der Waals surface area contributed by atoms with Crippen LogP contribution in [0.5, 0.6) is 0 Å². The molecule has 1 rings (SSSR count). The standard InChI is InChI=1S/C22H37N5O2/c1-9-26(10-2)14-19(18(5)24-25-20(28)15-27(6,7)8)22(29)23-21-16(3)12-11-13-17(21)4/h11-13,19H,9-10,14-15H2,1-8H3,(H-,23,25,28,29)/p+1/b24-18-/t19-/m0/s1. The molecule has 1 aromatic rings. The molecule has 0 heterocycles. The topological polar surface area (TPSA) is 73.8 Å². The van der Waals surface area contributed by atoms with E-state index in [-0.39, 0.29) is 11.8 Å². The minimum Gasteiger partial charge on any atom is -0.325 e. The van der Waals surface area contributed by atoms with Crippen molar-refractivity contribution in [2.75, 3.05) is 52.6 Å². The number of likely N-dealkylation sites (N-methyl/N-ethyl adjacent to an activating group) is 1. The average Bonchev–Trinajstić information content (AvgIpc) is 2.62. The second kappa shape index (κ2) is 11.1. The summed E-state index contributed by atoms with van der Waals surface area (Å²) in [4.78, 5) is 27.5. The minimum absolute atomic E-state index is 0.114. The van der Waals surface area contributed by atoms with E-state index in [4.69, 9.17) is 0 Å². The molecule has 2 amide bonds. The van der Waals surface area contributed by atoms with E-state index >= 15 is 0 Å². The molecule has 7 nitrogen and oxygen atoms in total. The number of carbonyl (C=O) groups excluding carboxylic acids is 2. The quantitative estimate of drug-likeness (QED) is 0.357. The molecule has 0 spiro atoms. The SMILES string of the molecule is CCN(CC)C[C@H](C(=O)Nc1c(C)cccc1C)/C(C)=N\NC(=O)C[N+](C)(C)C. The molecule has 0 radical (unpaired) electrons. The average molecular weight is 405 g/mol. The third-order valence-corrected chi connectivity index (χ3v) is 4.86. The van der Waals surface area contributed by atoms with Gasteiger partial charge in [-0.3, -0.25) is 9.59 Å². The van der Waals surface area contributed by atoms with Crippen molar-refractivity contribution >= 4 is 23.2 Å². The third-order valence-electron chi connectivity index (χ3n) is 4.86. The number of hydrogen-bond donors (Lipinski definition) is 2. The van der Waals surface area contributed by atoms with Crippen LogP contribution in [0, 0.1) is 19.8 Å². The number of hydrogen-bond acceptors (Lipinski definition) is 4. The van der Waals surface area contributed by atoms with Gasteiger partial charge in [-0.1, -0.05) is 32.0 Å². The maximum atomic E-state index is 13.2. The van der Waals surface area contributed by atoms with Crippen LogP contribution in [0.4, 0.5) is 5.69 Å². The molecular weight excluding hydrogens is 366 g/mol. The zero-order valence-electron chi connectivity index (χ0n) is 19.3. The normalized spacial score (nSPS) is 13.3. The van der Waals surface area contributed by atoms with Gasteiger partial charge in [-0.25, -0.2) is 5.43 Å². The van der Waals surface area contributed by atoms with E-state index in [0.717, 1.165) is 29.9 Å². The number of quaternary nitrogens is 1. The van der Waals surface area contributed by atoms with Gasteiger partial charge in [0.15, 0.2) is 6.54 Å². The highest BCUT2D eigenvalue weighted by atomic mass is 16.2. The number of nitrogens with zero attached hydrogens (tertiary/aromatic N) is 3. The third kappa shape index (κ3) is 8.33. The van der Waals surface area contributed by atoms with Gasteiger partial charge in [-0.2, -0.15) is 5.10 Å². The van der Waals surface area contributed by atoms with Crippen LogP contribution >= 0.6 is 0 Å². The van der Waals surface area contributed by atoms with Gasteiger partial charge in [-0.05, 0) is 45.0 Å². The number of nitrogens with one attached hydrogen (secondary N) is 2. The molecule has 1 atom stereocenters. The van der Waals surface area contributed by atoms with Crippen molar-refractivity contribution in [2.24, 2.45) is 11.0 Å². The Bertz CT molecular complexity index is 713. The molecule has 0 saturated heterocycles. The summed E-state index contributed by atoms with van der Waals surface area (Å²) in [5, 5.41) is 7.33. The van der Waals surface area contributed by atoms with Gasteiger partial charge in [0.25, 0.3) is 5.91 Å². The Labute approximate surface area is 175 Å². The van der Waals surface area contributed by atoms with Crippen LogP contribution in [0.25, 0.3) is 0 Å². The molecule has 0 aliphatic heterocycles. The first-order chi connectivity index (χ1) is 13.5. The molecule has 7 heteroatoms. The molecule has 0 aliphatic rings. The van der Waals surface area contributed by atoms with Gasteiger partial charge in [0.2, 0.25) is 5.91 Å². The Morgan fingerprint density at radius 2 is 1.66 bits per heavy atom. The van der Waals surface area contributed by atoms with E-state index in [1.54, 1.807) is 6.92 Å². The summed E-state index contributed by atoms with van der Waals surface area (Å²) in [5.41, 5.74) is 6.07. The predicted molar refractivity (Wildman–Crippen MR) is 120 cm³/mol. The summed E-state index contributed by atoms with van der Waals surface area (Å²) in [7, 11) is 5.83. The minimum atomic E-state index is -0.460. The summed E-state index contributed by atoms with van der Waals surface area (Å²) < 4.78 is 0.510. The lowest BCUT2D eigenvalue weighted by molar-refractivity contribution is -0.862. The van der Waals surface area contributed by atoms with Crippen molar-refractivity contribution in [3.8, 4) is 0 Å². The van der Waals surface area contributed by atoms with Gasteiger partial charge in [0.1, 0.15) is 0 Å². The molecule has 2 N–H and O–H groups in total. The summed E-state index contributed by atoms with van der Waals surface area (Å²) in [6.45, 7) is 12.4. The first-order valence-electron chi connectivity index (χ1n) is 10.2. The Hall–Kier alpha value is -2.25. The van der Waals surface area contributed by atoms with Crippen LogP contribution in [0.1, 0.15) is 31.9 Å². The van der Waals surface area contributed by atoms with Crippen molar-refractivity contribution in [3.05, 3.63) is 29.3 Å². The molecule has 162 valence electrons. The molecule has 0 fully saturated rings. The van der Waals surface area contributed by atoms with Crippen LogP contribution in [0.3, 0.4) is 0 Å². The second-order valence-corrected chi connectivity index (χ2v) is 8.53. The van der Waals surface area contributed by atoms with Crippen LogP contribution in [-0.2, 0) is 9.59 Å². The molecule has 29 heavy (non-hydrogen) atoms. The Balaban J connectivity index is 3.04. The lowest BCUT2D eigenvalue weighted by Crippen LogP contribution is -2.44. The lowest BCUT2D eigenvalue weighted by Gasteiger charge is -2.25. The molecule has 0 aromatic heterocycles. The van der Waals surface area contributed by atoms with Crippen molar-refractivity contribution in [1.82, 2.24) is 10.3 Å². The Kier molecular flexibility index (Phi) is 9.46. The summed E-state index contributed by atoms with van der Waals surface area (Å²) >= 11 is 0. The van der Waals surface area contributed by atoms with Crippen molar-refractivity contribution < 1.29 is 14.1 Å². The fraction of sp³-hybridized carbons (Fsp3) is 0.591. The Morgan fingerprint density at radius 1 is 1.10 bits per heavy atom. The fourth-order valence-electron chi connectivity index (χ4n) is 3.06. The number of amides is 2. The largest absolute Gasteiger partial charge is 0.325 e. The highest BCUT2D eigenvalue weighted by Gasteiger charge is 2.25. The zero-order valence-corrected chi connectivity index (χ0v) is 19.3. The Morgan fingerprint density at radius 3 is 2.14 bits per heavy atom. The molecular formula is C22H38N5O2+. The molecule has 0 saturated carbocycles. The molecule has 0 aliphatic carbocycles. The predicted octanol–water partition coefficient (Wildman–Crippen LogP) is 2.40. The zero-order chi connectivity index (χ0) is 22.2. The summed E-state index contributed by atoms with van der Waals surface area (Å²) in [5.74, 6) is -0.747. The van der Waals surface area contributed by atoms with Gasteiger partial charge >= 0.3 is 0 Å². The monoisotopic (exact) mass is 404 g/mol. The highest BCUT2D eigenvalue weighted by molar-refractivity contribution is 6.09. The molecule has 0 unspecified atom stereocenters. The summed E-state index contributed by atoms with van der Waals surface area (Å²) in [6, 6.07) is 5.94. The van der Waals surface area contributed by atoms with E-state index in [1.807, 2.05) is 53.2 Å². The van der Waals surface area contributed by atoms with Gasteiger partial charge in [0, 0.05) is 17.9 Å². The maximum absolute atomic E-state index is 13.2. The number of carbonyl (C=O) groups is 2. The number of para-hydroxylation sites is 1. The second-order valence-electron chi connectivity index (χ2n) is 8.53. The number of anilines is 1. The van der Waals surface area contributed by atoms with Crippen LogP contribution in [0.2, 0.25) is 0 Å². The van der Waals surface area contributed by atoms with Crippen molar-refractivity contribution in [3.63, 3.8) is 0 Å². The molecule has 0 bridgehead atoms. The first-order valence-corrected chi connectivity index (χ1v) is 10.2.